The highest BCUT2D eigenvalue weighted by molar-refractivity contribution is 5.61. The van der Waals surface area contributed by atoms with E-state index in [-0.39, 0.29) is 11.9 Å². The van der Waals surface area contributed by atoms with E-state index in [0.29, 0.717) is 12.4 Å². The van der Waals surface area contributed by atoms with Crippen LogP contribution in [0.4, 0.5) is 23.3 Å². The van der Waals surface area contributed by atoms with E-state index < -0.39 is 0 Å². The minimum atomic E-state index is 0.155. The Morgan fingerprint density at radius 3 is 2.55 bits per heavy atom. The molecule has 7 nitrogen and oxygen atoms in total. The van der Waals surface area contributed by atoms with Crippen LogP contribution in [0, 0.1) is 0 Å². The average Bonchev–Trinajstić information content (AvgIpc) is 2.37. The van der Waals surface area contributed by atoms with E-state index in [4.69, 9.17) is 17.2 Å². The van der Waals surface area contributed by atoms with Gasteiger partial charge in [0.1, 0.15) is 0 Å². The number of nitrogens with two attached hydrogens (primary N) is 3. The second kappa shape index (κ2) is 4.84. The van der Waals surface area contributed by atoms with Gasteiger partial charge in [0.15, 0.2) is 5.82 Å². The highest BCUT2D eigenvalue weighted by Crippen LogP contribution is 2.29. The van der Waals surface area contributed by atoms with Crippen LogP contribution in [0.2, 0.25) is 0 Å². The molecule has 1 aliphatic heterocycles. The SMILES string of the molecule is Nc1ccc2c(c1)CCCN2Cc1nc(N)nc(N)n1. The number of nitrogens with zero attached hydrogens (tertiary/aromatic N) is 4. The van der Waals surface area contributed by atoms with E-state index in [1.165, 1.54) is 11.3 Å². The van der Waals surface area contributed by atoms with Crippen LogP contribution < -0.4 is 22.1 Å². The second-order valence-electron chi connectivity index (χ2n) is 4.88. The van der Waals surface area contributed by atoms with E-state index in [9.17, 15) is 0 Å². The molecule has 1 aliphatic rings. The van der Waals surface area contributed by atoms with E-state index in [0.717, 1.165) is 25.1 Å². The van der Waals surface area contributed by atoms with E-state index in [1.54, 1.807) is 0 Å². The average molecular weight is 271 g/mol. The van der Waals surface area contributed by atoms with Crippen molar-refractivity contribution < 1.29 is 0 Å². The fourth-order valence-electron chi connectivity index (χ4n) is 2.56. The second-order valence-corrected chi connectivity index (χ2v) is 4.88. The molecule has 0 saturated carbocycles. The summed E-state index contributed by atoms with van der Waals surface area (Å²) in [6.07, 6.45) is 2.12. The maximum Gasteiger partial charge on any atom is 0.225 e. The Hall–Kier alpha value is -2.57. The van der Waals surface area contributed by atoms with Gasteiger partial charge >= 0.3 is 0 Å². The van der Waals surface area contributed by atoms with E-state index in [1.807, 2.05) is 18.2 Å². The Labute approximate surface area is 116 Å². The topological polar surface area (TPSA) is 120 Å². The zero-order chi connectivity index (χ0) is 14.1. The standard InChI is InChI=1S/C13H17N7/c14-9-3-4-10-8(6-9)2-1-5-20(10)7-11-17-12(15)19-13(16)18-11/h3-4,6H,1-2,5,7,14H2,(H4,15,16,17,18,19). The molecule has 0 atom stereocenters. The van der Waals surface area contributed by atoms with Gasteiger partial charge in [0.2, 0.25) is 11.9 Å². The first-order valence-electron chi connectivity index (χ1n) is 6.51. The molecule has 0 amide bonds. The largest absolute Gasteiger partial charge is 0.399 e. The molecule has 0 radical (unpaired) electrons. The monoisotopic (exact) mass is 271 g/mol. The third-order valence-corrected chi connectivity index (χ3v) is 3.37. The summed E-state index contributed by atoms with van der Waals surface area (Å²) in [5.41, 5.74) is 20.3. The first kappa shape index (κ1) is 12.5. The normalized spacial score (nSPS) is 14.1. The molecule has 0 fully saturated rings. The number of rotatable bonds is 2. The molecule has 6 N–H and O–H groups in total. The van der Waals surface area contributed by atoms with Crippen molar-refractivity contribution in [3.63, 3.8) is 0 Å². The molecule has 2 heterocycles. The van der Waals surface area contributed by atoms with Crippen molar-refractivity contribution in [2.24, 2.45) is 0 Å². The smallest absolute Gasteiger partial charge is 0.225 e. The number of anilines is 4. The van der Waals surface area contributed by atoms with Gasteiger partial charge < -0.3 is 22.1 Å². The van der Waals surface area contributed by atoms with Gasteiger partial charge in [-0.15, -0.1) is 0 Å². The molecule has 20 heavy (non-hydrogen) atoms. The lowest BCUT2D eigenvalue weighted by Gasteiger charge is -2.30. The summed E-state index contributed by atoms with van der Waals surface area (Å²) in [4.78, 5) is 14.3. The number of hydrogen-bond acceptors (Lipinski definition) is 7. The molecule has 0 bridgehead atoms. The summed E-state index contributed by atoms with van der Waals surface area (Å²) in [6, 6.07) is 5.97. The summed E-state index contributed by atoms with van der Waals surface area (Å²) < 4.78 is 0. The predicted octanol–water partition coefficient (Wildman–Crippen LogP) is 0.571. The number of aryl methyl sites for hydroxylation is 1. The molecule has 0 aliphatic carbocycles. The lowest BCUT2D eigenvalue weighted by Crippen LogP contribution is -2.30. The Morgan fingerprint density at radius 2 is 1.80 bits per heavy atom. The fourth-order valence-corrected chi connectivity index (χ4v) is 2.56. The van der Waals surface area contributed by atoms with E-state index in [2.05, 4.69) is 19.9 Å². The number of hydrogen-bond donors (Lipinski definition) is 3. The molecule has 0 spiro atoms. The van der Waals surface area contributed by atoms with Gasteiger partial charge in [0.05, 0.1) is 6.54 Å². The Bertz CT molecular complexity index is 620. The van der Waals surface area contributed by atoms with Crippen LogP contribution >= 0.6 is 0 Å². The summed E-state index contributed by atoms with van der Waals surface area (Å²) in [5, 5.41) is 0. The number of aromatic nitrogens is 3. The summed E-state index contributed by atoms with van der Waals surface area (Å²) in [7, 11) is 0. The first-order valence-corrected chi connectivity index (χ1v) is 6.51. The summed E-state index contributed by atoms with van der Waals surface area (Å²) >= 11 is 0. The lowest BCUT2D eigenvalue weighted by atomic mass is 10.0. The molecular formula is C13H17N7. The maximum atomic E-state index is 5.84. The first-order chi connectivity index (χ1) is 9.61. The third-order valence-electron chi connectivity index (χ3n) is 3.37. The van der Waals surface area contributed by atoms with Crippen LogP contribution in [-0.4, -0.2) is 21.5 Å². The molecule has 0 saturated heterocycles. The van der Waals surface area contributed by atoms with Crippen molar-refractivity contribution in [1.29, 1.82) is 0 Å². The molecule has 0 unspecified atom stereocenters. The van der Waals surface area contributed by atoms with Gasteiger partial charge in [0, 0.05) is 17.9 Å². The maximum absolute atomic E-state index is 5.84. The Balaban J connectivity index is 1.89. The minimum absolute atomic E-state index is 0.155. The molecule has 1 aromatic heterocycles. The van der Waals surface area contributed by atoms with Gasteiger partial charge in [-0.25, -0.2) is 0 Å². The summed E-state index contributed by atoms with van der Waals surface area (Å²) in [5.74, 6) is 0.892. The highest BCUT2D eigenvalue weighted by Gasteiger charge is 2.18. The van der Waals surface area contributed by atoms with E-state index >= 15 is 0 Å². The highest BCUT2D eigenvalue weighted by atomic mass is 15.2. The molecule has 1 aromatic carbocycles. The summed E-state index contributed by atoms with van der Waals surface area (Å²) in [6.45, 7) is 1.51. The van der Waals surface area contributed by atoms with Crippen molar-refractivity contribution in [1.82, 2.24) is 15.0 Å². The van der Waals surface area contributed by atoms with Crippen molar-refractivity contribution in [2.45, 2.75) is 19.4 Å². The fraction of sp³-hybridized carbons (Fsp3) is 0.308. The zero-order valence-corrected chi connectivity index (χ0v) is 11.1. The quantitative estimate of drug-likeness (QED) is 0.683. The van der Waals surface area contributed by atoms with Gasteiger partial charge in [0.25, 0.3) is 0 Å². The van der Waals surface area contributed by atoms with Gasteiger partial charge in [-0.2, -0.15) is 15.0 Å². The Kier molecular flexibility index (Phi) is 3.02. The van der Waals surface area contributed by atoms with Crippen LogP contribution in [0.15, 0.2) is 18.2 Å². The van der Waals surface area contributed by atoms with Gasteiger partial charge in [-0.05, 0) is 36.6 Å². The molecule has 104 valence electrons. The van der Waals surface area contributed by atoms with Crippen LogP contribution in [0.3, 0.4) is 0 Å². The molecule has 3 rings (SSSR count). The van der Waals surface area contributed by atoms with Crippen LogP contribution in [-0.2, 0) is 13.0 Å². The van der Waals surface area contributed by atoms with Crippen molar-refractivity contribution in [2.75, 3.05) is 28.6 Å². The zero-order valence-electron chi connectivity index (χ0n) is 11.1. The Morgan fingerprint density at radius 1 is 1.05 bits per heavy atom. The molecule has 7 heteroatoms. The molecule has 2 aromatic rings. The number of fused-ring (bicyclic) bond motifs is 1. The van der Waals surface area contributed by atoms with Gasteiger partial charge in [-0.3, -0.25) is 0 Å². The van der Waals surface area contributed by atoms with Crippen molar-refractivity contribution in [3.05, 3.63) is 29.6 Å². The number of nitrogen functional groups attached to an aromatic ring is 3. The number of benzene rings is 1. The van der Waals surface area contributed by atoms with Gasteiger partial charge in [-0.1, -0.05) is 0 Å². The lowest BCUT2D eigenvalue weighted by molar-refractivity contribution is 0.673. The molecular weight excluding hydrogens is 254 g/mol. The predicted molar refractivity (Wildman–Crippen MR) is 78.9 cm³/mol. The van der Waals surface area contributed by atoms with Crippen molar-refractivity contribution >= 4 is 23.3 Å². The third kappa shape index (κ3) is 2.42. The van der Waals surface area contributed by atoms with Crippen LogP contribution in [0.25, 0.3) is 0 Å². The van der Waals surface area contributed by atoms with Crippen molar-refractivity contribution in [3.8, 4) is 0 Å². The van der Waals surface area contributed by atoms with Crippen LogP contribution in [0.1, 0.15) is 17.8 Å². The minimum Gasteiger partial charge on any atom is -0.399 e. The van der Waals surface area contributed by atoms with Crippen LogP contribution in [0.5, 0.6) is 0 Å².